The lowest BCUT2D eigenvalue weighted by Crippen LogP contribution is -2.20. The molecule has 1 aliphatic rings. The predicted octanol–water partition coefficient (Wildman–Crippen LogP) is 4.05. The SMILES string of the molecule is COc1cc2c(cc1OC)C(CC(=O)COc1ccc(Cl)cc1C)=NCC2. The van der Waals surface area contributed by atoms with Crippen LogP contribution in [-0.4, -0.2) is 38.9 Å². The Kier molecular flexibility index (Phi) is 6.01. The molecule has 0 bridgehead atoms. The molecule has 0 aliphatic carbocycles. The standard InChI is InChI=1S/C21H22ClNO4/c1-13-8-15(22)4-5-19(13)27-12-16(24)10-18-17-11-21(26-3)20(25-2)9-14(17)6-7-23-18/h4-5,8-9,11H,6-7,10,12H2,1-3H3. The van der Waals surface area contributed by atoms with Crippen LogP contribution >= 0.6 is 11.6 Å². The van der Waals surface area contributed by atoms with Gasteiger partial charge in [-0.1, -0.05) is 11.6 Å². The van der Waals surface area contributed by atoms with E-state index in [1.807, 2.05) is 25.1 Å². The Hall–Kier alpha value is -2.53. The van der Waals surface area contributed by atoms with Gasteiger partial charge in [0.15, 0.2) is 17.3 Å². The average Bonchev–Trinajstić information content (AvgIpc) is 2.66. The van der Waals surface area contributed by atoms with Crippen LogP contribution in [-0.2, 0) is 11.2 Å². The number of hydrogen-bond donors (Lipinski definition) is 0. The summed E-state index contributed by atoms with van der Waals surface area (Å²) in [6.07, 6.45) is 1.03. The number of hydrogen-bond acceptors (Lipinski definition) is 5. The van der Waals surface area contributed by atoms with E-state index in [1.54, 1.807) is 26.4 Å². The highest BCUT2D eigenvalue weighted by Crippen LogP contribution is 2.33. The van der Waals surface area contributed by atoms with Gasteiger partial charge >= 0.3 is 0 Å². The number of ether oxygens (including phenoxy) is 3. The van der Waals surface area contributed by atoms with Crippen molar-refractivity contribution >= 4 is 23.1 Å². The van der Waals surface area contributed by atoms with Crippen molar-refractivity contribution in [2.24, 2.45) is 4.99 Å². The Labute approximate surface area is 163 Å². The quantitative estimate of drug-likeness (QED) is 0.719. The largest absolute Gasteiger partial charge is 0.493 e. The van der Waals surface area contributed by atoms with Crippen LogP contribution in [0.15, 0.2) is 35.3 Å². The van der Waals surface area contributed by atoms with Gasteiger partial charge in [0.05, 0.1) is 20.6 Å². The highest BCUT2D eigenvalue weighted by atomic mass is 35.5. The summed E-state index contributed by atoms with van der Waals surface area (Å²) < 4.78 is 16.4. The Morgan fingerprint density at radius 2 is 1.85 bits per heavy atom. The molecular weight excluding hydrogens is 366 g/mol. The van der Waals surface area contributed by atoms with Crippen molar-refractivity contribution in [2.45, 2.75) is 19.8 Å². The third-order valence-corrected chi connectivity index (χ3v) is 4.73. The van der Waals surface area contributed by atoms with E-state index in [1.165, 1.54) is 0 Å². The Morgan fingerprint density at radius 3 is 2.56 bits per heavy atom. The minimum absolute atomic E-state index is 0.00981. The maximum Gasteiger partial charge on any atom is 0.176 e. The van der Waals surface area contributed by atoms with Crippen molar-refractivity contribution in [1.29, 1.82) is 0 Å². The lowest BCUT2D eigenvalue weighted by molar-refractivity contribution is -0.119. The number of aryl methyl sites for hydroxylation is 1. The van der Waals surface area contributed by atoms with Crippen LogP contribution in [0.3, 0.4) is 0 Å². The zero-order chi connectivity index (χ0) is 19.4. The zero-order valence-electron chi connectivity index (χ0n) is 15.7. The molecule has 0 N–H and O–H groups in total. The molecule has 0 spiro atoms. The van der Waals surface area contributed by atoms with Crippen molar-refractivity contribution in [1.82, 2.24) is 0 Å². The van der Waals surface area contributed by atoms with Crippen LogP contribution in [0, 0.1) is 6.92 Å². The van der Waals surface area contributed by atoms with Gasteiger partial charge in [0.25, 0.3) is 0 Å². The third kappa shape index (κ3) is 4.42. The summed E-state index contributed by atoms with van der Waals surface area (Å²) in [6.45, 7) is 2.54. The highest BCUT2D eigenvalue weighted by molar-refractivity contribution is 6.30. The molecule has 2 aromatic carbocycles. The number of fused-ring (bicyclic) bond motifs is 1. The number of carbonyl (C=O) groups is 1. The lowest BCUT2D eigenvalue weighted by Gasteiger charge is -2.19. The Balaban J connectivity index is 1.71. The van der Waals surface area contributed by atoms with E-state index in [0.29, 0.717) is 28.8 Å². The van der Waals surface area contributed by atoms with E-state index >= 15 is 0 Å². The van der Waals surface area contributed by atoms with Gasteiger partial charge < -0.3 is 14.2 Å². The van der Waals surface area contributed by atoms with Gasteiger partial charge in [-0.05, 0) is 54.8 Å². The zero-order valence-corrected chi connectivity index (χ0v) is 16.4. The molecule has 0 radical (unpaired) electrons. The highest BCUT2D eigenvalue weighted by Gasteiger charge is 2.20. The van der Waals surface area contributed by atoms with Crippen molar-refractivity contribution in [2.75, 3.05) is 27.4 Å². The number of halogens is 1. The molecule has 3 rings (SSSR count). The topological polar surface area (TPSA) is 57.1 Å². The average molecular weight is 388 g/mol. The van der Waals surface area contributed by atoms with Gasteiger partial charge in [-0.2, -0.15) is 0 Å². The first-order chi connectivity index (χ1) is 13.0. The number of methoxy groups -OCH3 is 2. The maximum atomic E-state index is 12.5. The van der Waals surface area contributed by atoms with Crippen LogP contribution < -0.4 is 14.2 Å². The molecule has 2 aromatic rings. The number of benzene rings is 2. The number of nitrogens with zero attached hydrogens (tertiary/aromatic N) is 1. The molecule has 6 heteroatoms. The number of rotatable bonds is 7. The molecule has 1 aliphatic heterocycles. The van der Waals surface area contributed by atoms with Crippen molar-refractivity contribution < 1.29 is 19.0 Å². The maximum absolute atomic E-state index is 12.5. The molecule has 0 saturated carbocycles. The number of carbonyl (C=O) groups excluding carboxylic acids is 1. The predicted molar refractivity (Wildman–Crippen MR) is 106 cm³/mol. The van der Waals surface area contributed by atoms with Crippen molar-refractivity contribution in [3.8, 4) is 17.2 Å². The molecule has 5 nitrogen and oxygen atoms in total. The molecule has 0 amide bonds. The second-order valence-electron chi connectivity index (χ2n) is 6.36. The Bertz CT molecular complexity index is 892. The molecule has 0 saturated heterocycles. The fourth-order valence-corrected chi connectivity index (χ4v) is 3.34. The molecule has 0 aromatic heterocycles. The van der Waals surface area contributed by atoms with Crippen LogP contribution in [0.2, 0.25) is 5.02 Å². The summed E-state index contributed by atoms with van der Waals surface area (Å²) in [5.74, 6) is 1.94. The molecule has 0 fully saturated rings. The minimum Gasteiger partial charge on any atom is -0.493 e. The van der Waals surface area contributed by atoms with E-state index in [-0.39, 0.29) is 18.8 Å². The number of ketones is 1. The van der Waals surface area contributed by atoms with Crippen LogP contribution in [0.4, 0.5) is 0 Å². The van der Waals surface area contributed by atoms with E-state index in [0.717, 1.165) is 28.8 Å². The summed E-state index contributed by atoms with van der Waals surface area (Å²) in [5.41, 5.74) is 3.71. The minimum atomic E-state index is -0.0364. The van der Waals surface area contributed by atoms with Crippen LogP contribution in [0.5, 0.6) is 17.2 Å². The molecular formula is C21H22ClNO4. The van der Waals surface area contributed by atoms with Gasteiger partial charge in [-0.3, -0.25) is 9.79 Å². The first-order valence-electron chi connectivity index (χ1n) is 8.71. The van der Waals surface area contributed by atoms with Gasteiger partial charge in [0, 0.05) is 22.8 Å². The summed E-state index contributed by atoms with van der Waals surface area (Å²) in [7, 11) is 3.21. The fourth-order valence-electron chi connectivity index (χ4n) is 3.11. The van der Waals surface area contributed by atoms with Crippen molar-refractivity contribution in [3.63, 3.8) is 0 Å². The molecule has 0 unspecified atom stereocenters. The van der Waals surface area contributed by atoms with Gasteiger partial charge in [0.2, 0.25) is 0 Å². The molecule has 142 valence electrons. The van der Waals surface area contributed by atoms with E-state index in [4.69, 9.17) is 25.8 Å². The van der Waals surface area contributed by atoms with Crippen molar-refractivity contribution in [3.05, 3.63) is 52.0 Å². The van der Waals surface area contributed by atoms with E-state index < -0.39 is 0 Å². The second-order valence-corrected chi connectivity index (χ2v) is 6.79. The number of Topliss-reactive ketones (excluding diaryl/α,β-unsaturated/α-hetero) is 1. The Morgan fingerprint density at radius 1 is 1.11 bits per heavy atom. The van der Waals surface area contributed by atoms with Crippen LogP contribution in [0.25, 0.3) is 0 Å². The van der Waals surface area contributed by atoms with E-state index in [2.05, 4.69) is 4.99 Å². The third-order valence-electron chi connectivity index (χ3n) is 4.49. The van der Waals surface area contributed by atoms with E-state index in [9.17, 15) is 4.79 Å². The van der Waals surface area contributed by atoms with Gasteiger partial charge in [-0.15, -0.1) is 0 Å². The first kappa shape index (κ1) is 19.2. The second kappa shape index (κ2) is 8.44. The first-order valence-corrected chi connectivity index (χ1v) is 9.09. The lowest BCUT2D eigenvalue weighted by atomic mass is 9.94. The van der Waals surface area contributed by atoms with Gasteiger partial charge in [0.1, 0.15) is 12.4 Å². The summed E-state index contributed by atoms with van der Waals surface area (Å²) in [4.78, 5) is 17.0. The summed E-state index contributed by atoms with van der Waals surface area (Å²) in [5, 5.41) is 0.642. The summed E-state index contributed by atoms with van der Waals surface area (Å²) in [6, 6.07) is 9.18. The molecule has 27 heavy (non-hydrogen) atoms. The number of aliphatic imine (C=N–C) groups is 1. The molecule has 1 heterocycles. The fraction of sp³-hybridized carbons (Fsp3) is 0.333. The smallest absolute Gasteiger partial charge is 0.176 e. The van der Waals surface area contributed by atoms with Crippen LogP contribution in [0.1, 0.15) is 23.1 Å². The molecule has 0 atom stereocenters. The summed E-state index contributed by atoms with van der Waals surface area (Å²) >= 11 is 5.95. The normalized spacial score (nSPS) is 12.8. The monoisotopic (exact) mass is 387 g/mol. The van der Waals surface area contributed by atoms with Gasteiger partial charge in [-0.25, -0.2) is 0 Å².